The number of sulfone groups is 1. The molecule has 2 N–H and O–H groups in total. The number of hydrogen-bond donors (Lipinski definition) is 2. The fraction of sp³-hybridized carbons (Fsp3) is 0.471. The molecule has 24 heavy (non-hydrogen) atoms. The summed E-state index contributed by atoms with van der Waals surface area (Å²) >= 11 is 0. The van der Waals surface area contributed by atoms with E-state index in [-0.39, 0.29) is 30.1 Å². The van der Waals surface area contributed by atoms with Crippen LogP contribution in [-0.2, 0) is 16.3 Å². The maximum Gasteiger partial charge on any atom is 0.317 e. The maximum atomic E-state index is 12.3. The Morgan fingerprint density at radius 1 is 1.33 bits per heavy atom. The van der Waals surface area contributed by atoms with E-state index in [4.69, 9.17) is 0 Å². The second kappa shape index (κ2) is 6.84. The van der Waals surface area contributed by atoms with Crippen LogP contribution in [0.1, 0.15) is 19.0 Å². The lowest BCUT2D eigenvalue weighted by Crippen LogP contribution is -2.46. The number of rotatable bonds is 3. The third kappa shape index (κ3) is 3.90. The highest BCUT2D eigenvalue weighted by Crippen LogP contribution is 2.15. The molecule has 1 aromatic carbocycles. The fourth-order valence-electron chi connectivity index (χ4n) is 3.04. The van der Waals surface area contributed by atoms with Gasteiger partial charge in [-0.1, -0.05) is 18.2 Å². The highest BCUT2D eigenvalue weighted by Gasteiger charge is 2.27. The molecule has 0 aliphatic carbocycles. The van der Waals surface area contributed by atoms with E-state index in [1.165, 1.54) is 0 Å². The number of aromatic nitrogens is 1. The van der Waals surface area contributed by atoms with Crippen LogP contribution in [0.4, 0.5) is 4.79 Å². The molecule has 1 aromatic heterocycles. The number of hydrogen-bond acceptors (Lipinski definition) is 3. The molecule has 3 rings (SSSR count). The molecule has 0 unspecified atom stereocenters. The van der Waals surface area contributed by atoms with E-state index < -0.39 is 9.84 Å². The lowest BCUT2D eigenvalue weighted by Gasteiger charge is -2.26. The van der Waals surface area contributed by atoms with Crippen LogP contribution in [0.5, 0.6) is 0 Å². The zero-order chi connectivity index (χ0) is 17.2. The van der Waals surface area contributed by atoms with Gasteiger partial charge in [-0.2, -0.15) is 0 Å². The van der Waals surface area contributed by atoms with E-state index in [9.17, 15) is 13.2 Å². The van der Waals surface area contributed by atoms with Gasteiger partial charge in [0.25, 0.3) is 0 Å². The lowest BCUT2D eigenvalue weighted by molar-refractivity contribution is 0.183. The molecule has 0 spiro atoms. The van der Waals surface area contributed by atoms with Crippen molar-refractivity contribution in [2.45, 2.75) is 25.8 Å². The summed E-state index contributed by atoms with van der Waals surface area (Å²) in [6, 6.07) is 9.90. The van der Waals surface area contributed by atoms with Gasteiger partial charge >= 0.3 is 6.03 Å². The first-order valence-corrected chi connectivity index (χ1v) is 10.1. The van der Waals surface area contributed by atoms with E-state index >= 15 is 0 Å². The van der Waals surface area contributed by atoms with Crippen LogP contribution in [0.15, 0.2) is 30.3 Å². The van der Waals surface area contributed by atoms with Crippen molar-refractivity contribution >= 4 is 26.8 Å². The van der Waals surface area contributed by atoms with E-state index in [1.807, 2.05) is 31.2 Å². The summed E-state index contributed by atoms with van der Waals surface area (Å²) < 4.78 is 23.4. The quantitative estimate of drug-likeness (QED) is 0.888. The molecule has 2 heterocycles. The molecule has 6 nitrogen and oxygen atoms in total. The molecule has 0 radical (unpaired) electrons. The standard InChI is InChI=1S/C17H23N3O3S/c1-13-7-10-24(22,23)11-9-20(13)17(21)18-8-6-15-12-14-4-2-3-5-16(14)19-15/h2-5,12-13,19H,6-11H2,1H3,(H,18,21)/t13-/m1/s1. The Labute approximate surface area is 142 Å². The Bertz CT molecular complexity index is 795. The SMILES string of the molecule is C[C@@H]1CCS(=O)(=O)CCN1C(=O)NCCc1cc2ccccc2[nH]1. The van der Waals surface area contributed by atoms with Gasteiger partial charge in [0, 0.05) is 36.8 Å². The highest BCUT2D eigenvalue weighted by molar-refractivity contribution is 7.91. The zero-order valence-corrected chi connectivity index (χ0v) is 14.6. The van der Waals surface area contributed by atoms with Gasteiger partial charge in [0.05, 0.1) is 11.5 Å². The van der Waals surface area contributed by atoms with Gasteiger partial charge in [0.15, 0.2) is 9.84 Å². The molecule has 1 atom stereocenters. The number of carbonyl (C=O) groups is 1. The monoisotopic (exact) mass is 349 g/mol. The highest BCUT2D eigenvalue weighted by atomic mass is 32.2. The van der Waals surface area contributed by atoms with E-state index in [2.05, 4.69) is 16.4 Å². The summed E-state index contributed by atoms with van der Waals surface area (Å²) in [7, 11) is -3.02. The number of carbonyl (C=O) groups excluding carboxylic acids is 1. The average Bonchev–Trinajstić information content (AvgIpc) is 2.89. The molecule has 130 valence electrons. The second-order valence-corrected chi connectivity index (χ2v) is 8.65. The number of aromatic amines is 1. The predicted molar refractivity (Wildman–Crippen MR) is 94.8 cm³/mol. The first-order valence-electron chi connectivity index (χ1n) is 8.26. The topological polar surface area (TPSA) is 82.3 Å². The minimum atomic E-state index is -3.02. The largest absolute Gasteiger partial charge is 0.358 e. The van der Waals surface area contributed by atoms with Crippen molar-refractivity contribution in [1.82, 2.24) is 15.2 Å². The number of H-pyrrole nitrogens is 1. The van der Waals surface area contributed by atoms with Gasteiger partial charge in [-0.3, -0.25) is 0 Å². The number of amides is 2. The summed E-state index contributed by atoms with van der Waals surface area (Å²) in [5.74, 6) is 0.208. The third-order valence-corrected chi connectivity index (χ3v) is 6.20. The smallest absolute Gasteiger partial charge is 0.317 e. The van der Waals surface area contributed by atoms with Gasteiger partial charge in [-0.15, -0.1) is 0 Å². The number of para-hydroxylation sites is 1. The molecule has 0 bridgehead atoms. The number of nitrogens with one attached hydrogen (secondary N) is 2. The van der Waals surface area contributed by atoms with Crippen molar-refractivity contribution in [1.29, 1.82) is 0 Å². The molecule has 2 amide bonds. The van der Waals surface area contributed by atoms with Crippen LogP contribution in [0.2, 0.25) is 0 Å². The molecular formula is C17H23N3O3S. The summed E-state index contributed by atoms with van der Waals surface area (Å²) in [6.45, 7) is 2.68. The molecular weight excluding hydrogens is 326 g/mol. The fourth-order valence-corrected chi connectivity index (χ4v) is 4.42. The van der Waals surface area contributed by atoms with Crippen LogP contribution < -0.4 is 5.32 Å². The Kier molecular flexibility index (Phi) is 4.80. The van der Waals surface area contributed by atoms with Crippen molar-refractivity contribution in [3.05, 3.63) is 36.0 Å². The van der Waals surface area contributed by atoms with E-state index in [1.54, 1.807) is 4.90 Å². The molecule has 1 fully saturated rings. The minimum Gasteiger partial charge on any atom is -0.358 e. The number of urea groups is 1. The first-order chi connectivity index (χ1) is 11.4. The number of benzene rings is 1. The molecule has 0 saturated carbocycles. The number of nitrogens with zero attached hydrogens (tertiary/aromatic N) is 1. The Hall–Kier alpha value is -2.02. The van der Waals surface area contributed by atoms with Gasteiger partial charge in [0.2, 0.25) is 0 Å². The van der Waals surface area contributed by atoms with Gasteiger partial charge in [-0.05, 0) is 30.9 Å². The summed E-state index contributed by atoms with van der Waals surface area (Å²) in [6.07, 6.45) is 1.21. The Balaban J connectivity index is 1.55. The van der Waals surface area contributed by atoms with Crippen LogP contribution in [0.25, 0.3) is 10.9 Å². The molecule has 1 aliphatic rings. The normalized spacial score (nSPS) is 20.7. The Morgan fingerprint density at radius 2 is 2.12 bits per heavy atom. The van der Waals surface area contributed by atoms with E-state index in [0.29, 0.717) is 19.4 Å². The first kappa shape index (κ1) is 16.8. The average molecular weight is 349 g/mol. The summed E-state index contributed by atoms with van der Waals surface area (Å²) in [5, 5.41) is 4.06. The molecule has 2 aromatic rings. The van der Waals surface area contributed by atoms with Gasteiger partial charge < -0.3 is 15.2 Å². The molecule has 1 saturated heterocycles. The van der Waals surface area contributed by atoms with Crippen LogP contribution in [0, 0.1) is 0 Å². The molecule has 1 aliphatic heterocycles. The third-order valence-electron chi connectivity index (χ3n) is 4.54. The van der Waals surface area contributed by atoms with Crippen molar-refractivity contribution in [3.63, 3.8) is 0 Å². The molecule has 7 heteroatoms. The zero-order valence-electron chi connectivity index (χ0n) is 13.8. The Morgan fingerprint density at radius 3 is 2.92 bits per heavy atom. The van der Waals surface area contributed by atoms with Crippen LogP contribution >= 0.6 is 0 Å². The van der Waals surface area contributed by atoms with Crippen LogP contribution in [-0.4, -0.2) is 55.0 Å². The van der Waals surface area contributed by atoms with Crippen molar-refractivity contribution in [3.8, 4) is 0 Å². The van der Waals surface area contributed by atoms with Gasteiger partial charge in [0.1, 0.15) is 0 Å². The summed E-state index contributed by atoms with van der Waals surface area (Å²) in [5.41, 5.74) is 2.16. The number of fused-ring (bicyclic) bond motifs is 1. The summed E-state index contributed by atoms with van der Waals surface area (Å²) in [4.78, 5) is 17.3. The van der Waals surface area contributed by atoms with Crippen molar-refractivity contribution < 1.29 is 13.2 Å². The van der Waals surface area contributed by atoms with Crippen LogP contribution in [0.3, 0.4) is 0 Å². The van der Waals surface area contributed by atoms with Gasteiger partial charge in [-0.25, -0.2) is 13.2 Å². The lowest BCUT2D eigenvalue weighted by atomic mass is 10.2. The second-order valence-electron chi connectivity index (χ2n) is 6.35. The maximum absolute atomic E-state index is 12.3. The van der Waals surface area contributed by atoms with Crippen molar-refractivity contribution in [2.75, 3.05) is 24.6 Å². The minimum absolute atomic E-state index is 0.0484. The predicted octanol–water partition coefficient (Wildman–Crippen LogP) is 1.93. The van der Waals surface area contributed by atoms with E-state index in [0.717, 1.165) is 16.6 Å². The van der Waals surface area contributed by atoms with Crippen molar-refractivity contribution in [2.24, 2.45) is 0 Å².